The lowest BCUT2D eigenvalue weighted by molar-refractivity contribution is -0.138. The molecule has 0 radical (unpaired) electrons. The van der Waals surface area contributed by atoms with Crippen molar-refractivity contribution in [1.82, 2.24) is 9.80 Å². The van der Waals surface area contributed by atoms with Crippen molar-refractivity contribution < 1.29 is 14.7 Å². The van der Waals surface area contributed by atoms with Crippen LogP contribution in [0.2, 0.25) is 0 Å². The molecule has 1 aliphatic rings. The first-order valence-corrected chi connectivity index (χ1v) is 8.15. The summed E-state index contributed by atoms with van der Waals surface area (Å²) in [4.78, 5) is 26.9. The minimum Gasteiger partial charge on any atom is -0.481 e. The van der Waals surface area contributed by atoms with E-state index in [1.807, 2.05) is 18.9 Å². The Balaban J connectivity index is 2.61. The maximum Gasteiger partial charge on any atom is 0.320 e. The summed E-state index contributed by atoms with van der Waals surface area (Å²) < 4.78 is 0. The van der Waals surface area contributed by atoms with Crippen molar-refractivity contribution in [2.45, 2.75) is 71.4 Å². The fourth-order valence-corrected chi connectivity index (χ4v) is 3.30. The van der Waals surface area contributed by atoms with Gasteiger partial charge in [0.1, 0.15) is 0 Å². The van der Waals surface area contributed by atoms with Crippen molar-refractivity contribution in [1.29, 1.82) is 0 Å². The minimum absolute atomic E-state index is 0.00397. The summed E-state index contributed by atoms with van der Waals surface area (Å²) in [7, 11) is 1.86. The molecule has 122 valence electrons. The zero-order valence-corrected chi connectivity index (χ0v) is 13.8. The number of aliphatic carboxylic acids is 1. The van der Waals surface area contributed by atoms with Gasteiger partial charge in [-0.3, -0.25) is 4.79 Å². The van der Waals surface area contributed by atoms with Gasteiger partial charge in [0.25, 0.3) is 0 Å². The van der Waals surface area contributed by atoms with Crippen molar-refractivity contribution in [3.8, 4) is 0 Å². The standard InChI is InChI=1S/C16H30N2O3/c1-5-13-7-9-14(10-8-13)17(4)16(21)18(6-2)12(3)11-15(19)20/h12-14H,5-11H2,1-4H3,(H,19,20). The smallest absolute Gasteiger partial charge is 0.320 e. The first kappa shape index (κ1) is 17.8. The number of nitrogens with zero attached hydrogens (tertiary/aromatic N) is 2. The molecular formula is C16H30N2O3. The fraction of sp³-hybridized carbons (Fsp3) is 0.875. The third-order valence-electron chi connectivity index (χ3n) is 4.83. The summed E-state index contributed by atoms with van der Waals surface area (Å²) in [5.41, 5.74) is 0. The summed E-state index contributed by atoms with van der Waals surface area (Å²) in [5.74, 6) is -0.0576. The lowest BCUT2D eigenvalue weighted by Gasteiger charge is -2.38. The van der Waals surface area contributed by atoms with Crippen LogP contribution in [0, 0.1) is 5.92 Å². The molecule has 1 N–H and O–H groups in total. The molecule has 0 spiro atoms. The zero-order valence-electron chi connectivity index (χ0n) is 13.8. The summed E-state index contributed by atoms with van der Waals surface area (Å²) in [5, 5.41) is 8.90. The molecule has 5 nitrogen and oxygen atoms in total. The van der Waals surface area contributed by atoms with Gasteiger partial charge in [-0.15, -0.1) is 0 Å². The van der Waals surface area contributed by atoms with Crippen LogP contribution in [0.5, 0.6) is 0 Å². The molecule has 0 heterocycles. The molecule has 1 atom stereocenters. The predicted octanol–water partition coefficient (Wildman–Crippen LogP) is 3.19. The van der Waals surface area contributed by atoms with E-state index in [2.05, 4.69) is 6.92 Å². The van der Waals surface area contributed by atoms with Gasteiger partial charge >= 0.3 is 12.0 Å². The molecule has 0 aromatic heterocycles. The molecule has 1 aliphatic carbocycles. The SMILES string of the molecule is CCC1CCC(N(C)C(=O)N(CC)C(C)CC(=O)O)CC1. The lowest BCUT2D eigenvalue weighted by Crippen LogP contribution is -2.50. The van der Waals surface area contributed by atoms with Gasteiger partial charge in [-0.2, -0.15) is 0 Å². The highest BCUT2D eigenvalue weighted by Gasteiger charge is 2.30. The van der Waals surface area contributed by atoms with Crippen LogP contribution in [0.4, 0.5) is 4.79 Å². The quantitative estimate of drug-likeness (QED) is 0.819. The number of carbonyl (C=O) groups is 2. The molecule has 0 aromatic rings. The van der Waals surface area contributed by atoms with Gasteiger partial charge in [0.05, 0.1) is 6.42 Å². The van der Waals surface area contributed by atoms with Gasteiger partial charge in [0.15, 0.2) is 0 Å². The molecule has 1 fully saturated rings. The summed E-state index contributed by atoms with van der Waals surface area (Å²) in [6, 6.07) is -0.00740. The molecule has 0 bridgehead atoms. The van der Waals surface area contributed by atoms with E-state index in [4.69, 9.17) is 5.11 Å². The normalized spacial score (nSPS) is 23.4. The van der Waals surface area contributed by atoms with Crippen LogP contribution in [0.1, 0.15) is 59.3 Å². The summed E-state index contributed by atoms with van der Waals surface area (Å²) in [6.45, 7) is 6.48. The van der Waals surface area contributed by atoms with Gasteiger partial charge in [-0.1, -0.05) is 13.3 Å². The second-order valence-electron chi connectivity index (χ2n) is 6.21. The lowest BCUT2D eigenvalue weighted by atomic mass is 9.84. The Morgan fingerprint density at radius 2 is 1.76 bits per heavy atom. The van der Waals surface area contributed by atoms with Gasteiger partial charge in [0, 0.05) is 25.7 Å². The van der Waals surface area contributed by atoms with E-state index >= 15 is 0 Å². The highest BCUT2D eigenvalue weighted by atomic mass is 16.4. The van der Waals surface area contributed by atoms with Crippen LogP contribution < -0.4 is 0 Å². The molecule has 2 amide bonds. The first-order valence-electron chi connectivity index (χ1n) is 8.15. The largest absolute Gasteiger partial charge is 0.481 e. The Kier molecular flexibility index (Phi) is 6.99. The van der Waals surface area contributed by atoms with E-state index in [1.54, 1.807) is 11.8 Å². The summed E-state index contributed by atoms with van der Waals surface area (Å²) in [6.07, 6.45) is 5.72. The van der Waals surface area contributed by atoms with E-state index in [0.717, 1.165) is 18.8 Å². The van der Waals surface area contributed by atoms with E-state index in [0.29, 0.717) is 12.6 Å². The molecule has 0 saturated heterocycles. The van der Waals surface area contributed by atoms with Crippen molar-refractivity contribution in [3.63, 3.8) is 0 Å². The molecule has 0 aliphatic heterocycles. The van der Waals surface area contributed by atoms with Gasteiger partial charge in [-0.05, 0) is 45.4 Å². The number of carboxylic acid groups (broad SMARTS) is 1. The Morgan fingerprint density at radius 1 is 1.19 bits per heavy atom. The number of hydrogen-bond acceptors (Lipinski definition) is 2. The van der Waals surface area contributed by atoms with E-state index in [-0.39, 0.29) is 18.5 Å². The Morgan fingerprint density at radius 3 is 2.19 bits per heavy atom. The highest BCUT2D eigenvalue weighted by Crippen LogP contribution is 2.29. The number of rotatable bonds is 6. The molecule has 21 heavy (non-hydrogen) atoms. The van der Waals surface area contributed by atoms with Crippen molar-refractivity contribution >= 4 is 12.0 Å². The monoisotopic (exact) mass is 298 g/mol. The van der Waals surface area contributed by atoms with E-state index < -0.39 is 5.97 Å². The van der Waals surface area contributed by atoms with Crippen LogP contribution >= 0.6 is 0 Å². The average Bonchev–Trinajstić information content (AvgIpc) is 2.46. The summed E-state index contributed by atoms with van der Waals surface area (Å²) >= 11 is 0. The second kappa shape index (κ2) is 8.25. The van der Waals surface area contributed by atoms with Crippen LogP contribution in [0.15, 0.2) is 0 Å². The molecule has 1 rings (SSSR count). The zero-order chi connectivity index (χ0) is 16.0. The Hall–Kier alpha value is -1.26. The number of urea groups is 1. The number of amides is 2. The van der Waals surface area contributed by atoms with Gasteiger partial charge < -0.3 is 14.9 Å². The van der Waals surface area contributed by atoms with Crippen LogP contribution in [-0.4, -0.2) is 52.6 Å². The second-order valence-corrected chi connectivity index (χ2v) is 6.21. The average molecular weight is 298 g/mol. The Labute approximate surface area is 128 Å². The highest BCUT2D eigenvalue weighted by molar-refractivity contribution is 5.76. The number of hydrogen-bond donors (Lipinski definition) is 1. The molecule has 5 heteroatoms. The minimum atomic E-state index is -0.861. The third-order valence-corrected chi connectivity index (χ3v) is 4.83. The van der Waals surface area contributed by atoms with Crippen molar-refractivity contribution in [2.75, 3.05) is 13.6 Å². The molecule has 1 saturated carbocycles. The third kappa shape index (κ3) is 4.90. The maximum atomic E-state index is 12.6. The van der Waals surface area contributed by atoms with Crippen LogP contribution in [0.3, 0.4) is 0 Å². The topological polar surface area (TPSA) is 60.9 Å². The molecule has 0 aromatic carbocycles. The number of carbonyl (C=O) groups excluding carboxylic acids is 1. The predicted molar refractivity (Wildman–Crippen MR) is 83.3 cm³/mol. The van der Waals surface area contributed by atoms with Crippen molar-refractivity contribution in [2.24, 2.45) is 5.92 Å². The first-order chi connectivity index (χ1) is 9.90. The molecule has 1 unspecified atom stereocenters. The molecular weight excluding hydrogens is 268 g/mol. The number of carboxylic acids is 1. The van der Waals surface area contributed by atoms with Crippen LogP contribution in [-0.2, 0) is 4.79 Å². The fourth-order valence-electron chi connectivity index (χ4n) is 3.30. The van der Waals surface area contributed by atoms with Crippen LogP contribution in [0.25, 0.3) is 0 Å². The Bertz CT molecular complexity index is 351. The van der Waals surface area contributed by atoms with Gasteiger partial charge in [-0.25, -0.2) is 4.79 Å². The van der Waals surface area contributed by atoms with E-state index in [1.165, 1.54) is 19.3 Å². The maximum absolute atomic E-state index is 12.6. The van der Waals surface area contributed by atoms with E-state index in [9.17, 15) is 9.59 Å². The van der Waals surface area contributed by atoms with Gasteiger partial charge in [0.2, 0.25) is 0 Å². The van der Waals surface area contributed by atoms with Crippen molar-refractivity contribution in [3.05, 3.63) is 0 Å².